The quantitative estimate of drug-likeness (QED) is 0.174. The van der Waals surface area contributed by atoms with E-state index in [1.807, 2.05) is 0 Å². The van der Waals surface area contributed by atoms with Crippen molar-refractivity contribution in [1.82, 2.24) is 10.3 Å². The highest BCUT2D eigenvalue weighted by Crippen LogP contribution is 2.59. The van der Waals surface area contributed by atoms with E-state index in [-0.39, 0.29) is 6.04 Å². The van der Waals surface area contributed by atoms with Crippen LogP contribution in [-0.2, 0) is 5.41 Å². The highest BCUT2D eigenvalue weighted by atomic mass is 14.9. The van der Waals surface area contributed by atoms with Crippen molar-refractivity contribution in [1.29, 1.82) is 0 Å². The third kappa shape index (κ3) is 6.22. The average Bonchev–Trinajstić information content (AvgIpc) is 3.63. The van der Waals surface area contributed by atoms with E-state index in [4.69, 9.17) is 4.98 Å². The maximum Gasteiger partial charge on any atom is 0.0716 e. The van der Waals surface area contributed by atoms with Gasteiger partial charge in [0, 0.05) is 22.9 Å². The van der Waals surface area contributed by atoms with Crippen LogP contribution in [0.5, 0.6) is 0 Å². The number of benzene rings is 8. The van der Waals surface area contributed by atoms with Crippen LogP contribution in [0.1, 0.15) is 41.7 Å². The van der Waals surface area contributed by atoms with Crippen molar-refractivity contribution in [3.05, 3.63) is 252 Å². The van der Waals surface area contributed by atoms with Gasteiger partial charge in [-0.2, -0.15) is 0 Å². The van der Waals surface area contributed by atoms with Crippen LogP contribution in [0, 0.1) is 0 Å². The Balaban J connectivity index is 1.23. The largest absolute Gasteiger partial charge is 0.383 e. The van der Waals surface area contributed by atoms with Gasteiger partial charge in [0.25, 0.3) is 0 Å². The molecule has 0 fully saturated rings. The molecule has 2 heteroatoms. The molecule has 1 N–H and O–H groups in total. The second kappa shape index (κ2) is 14.9. The molecule has 61 heavy (non-hydrogen) atoms. The van der Waals surface area contributed by atoms with Crippen molar-refractivity contribution in [3.8, 4) is 55.9 Å². The standard InChI is InChI=1S/C59H44N2/c1-39-31-43(32-40(2)60-39)44-33-46(35-47(34-44)57-37-45(41-19-7-3-8-20-41)36-56(61-57)42-21-9-4-10-22-42)53-38-55-58(51-28-16-15-27-50(51)53)52-29-17-18-30-54(52)59(55,48-23-11-5-12-24-48)49-25-13-6-14-26-49/h3-39,60H,1-2H3. The van der Waals surface area contributed by atoms with Gasteiger partial charge in [-0.15, -0.1) is 0 Å². The SMILES string of the molecule is CC1=CC(c2cc(-c3cc(-c4ccccc4)cc(-c4ccccc4)n3)cc(-c3cc4c(c5ccccc35)-c3ccccc3C4(c3ccccc3)c3ccccc3)c2)=CC(C)N1. The summed E-state index contributed by atoms with van der Waals surface area (Å²) >= 11 is 0. The lowest BCUT2D eigenvalue weighted by atomic mass is 9.67. The van der Waals surface area contributed by atoms with Crippen molar-refractivity contribution in [2.45, 2.75) is 25.3 Å². The van der Waals surface area contributed by atoms with Crippen LogP contribution in [0.3, 0.4) is 0 Å². The van der Waals surface area contributed by atoms with Crippen LogP contribution >= 0.6 is 0 Å². The first-order valence-electron chi connectivity index (χ1n) is 21.3. The zero-order valence-corrected chi connectivity index (χ0v) is 34.3. The number of dihydropyridines is 1. The summed E-state index contributed by atoms with van der Waals surface area (Å²) in [6, 6.07) is 75.8. The molecule has 2 aliphatic rings. The Hall–Kier alpha value is -7.55. The summed E-state index contributed by atoms with van der Waals surface area (Å²) in [5, 5.41) is 6.08. The van der Waals surface area contributed by atoms with E-state index in [1.54, 1.807) is 0 Å². The second-order valence-electron chi connectivity index (χ2n) is 16.5. The molecule has 2 nitrogen and oxygen atoms in total. The van der Waals surface area contributed by atoms with Gasteiger partial charge in [0.05, 0.1) is 16.8 Å². The predicted molar refractivity (Wildman–Crippen MR) is 255 cm³/mol. The normalized spacial score (nSPS) is 15.0. The Morgan fingerprint density at radius 1 is 0.443 bits per heavy atom. The Labute approximate surface area is 358 Å². The minimum Gasteiger partial charge on any atom is -0.383 e. The van der Waals surface area contributed by atoms with Crippen LogP contribution in [0.4, 0.5) is 0 Å². The van der Waals surface area contributed by atoms with Gasteiger partial charge in [-0.25, -0.2) is 4.98 Å². The third-order valence-corrected chi connectivity index (χ3v) is 12.6. The van der Waals surface area contributed by atoms with Gasteiger partial charge in [-0.1, -0.05) is 176 Å². The molecule has 1 aliphatic carbocycles. The van der Waals surface area contributed by atoms with Crippen molar-refractivity contribution in [3.63, 3.8) is 0 Å². The Morgan fingerprint density at radius 3 is 1.66 bits per heavy atom. The molecule has 1 aliphatic heterocycles. The lowest BCUT2D eigenvalue weighted by molar-refractivity contribution is 0.721. The molecule has 0 amide bonds. The van der Waals surface area contributed by atoms with Gasteiger partial charge in [-0.3, -0.25) is 0 Å². The Morgan fingerprint density at radius 2 is 0.984 bits per heavy atom. The van der Waals surface area contributed by atoms with Gasteiger partial charge in [0.2, 0.25) is 0 Å². The third-order valence-electron chi connectivity index (χ3n) is 12.6. The molecule has 11 rings (SSSR count). The van der Waals surface area contributed by atoms with Crippen LogP contribution in [0.15, 0.2) is 224 Å². The smallest absolute Gasteiger partial charge is 0.0716 e. The zero-order chi connectivity index (χ0) is 40.9. The predicted octanol–water partition coefficient (Wildman–Crippen LogP) is 14.5. The fourth-order valence-electron chi connectivity index (χ4n) is 10.0. The van der Waals surface area contributed by atoms with Crippen molar-refractivity contribution in [2.24, 2.45) is 0 Å². The van der Waals surface area contributed by atoms with E-state index in [1.165, 1.54) is 60.9 Å². The van der Waals surface area contributed by atoms with Gasteiger partial charge in [0.1, 0.15) is 0 Å². The van der Waals surface area contributed by atoms with E-state index >= 15 is 0 Å². The zero-order valence-electron chi connectivity index (χ0n) is 34.3. The Bertz CT molecular complexity index is 3070. The minimum absolute atomic E-state index is 0.202. The van der Waals surface area contributed by atoms with Crippen LogP contribution in [0.25, 0.3) is 72.2 Å². The lowest BCUT2D eigenvalue weighted by Crippen LogP contribution is -2.28. The monoisotopic (exact) mass is 780 g/mol. The summed E-state index contributed by atoms with van der Waals surface area (Å²) in [7, 11) is 0. The summed E-state index contributed by atoms with van der Waals surface area (Å²) in [6.45, 7) is 4.38. The van der Waals surface area contributed by atoms with Crippen molar-refractivity contribution >= 4 is 16.3 Å². The topological polar surface area (TPSA) is 24.9 Å². The number of hydrogen-bond donors (Lipinski definition) is 1. The Kier molecular flexibility index (Phi) is 8.94. The number of aromatic nitrogens is 1. The van der Waals surface area contributed by atoms with E-state index < -0.39 is 5.41 Å². The van der Waals surface area contributed by atoms with Crippen LogP contribution < -0.4 is 5.32 Å². The molecule has 2 heterocycles. The maximum absolute atomic E-state index is 5.45. The molecule has 9 aromatic rings. The summed E-state index contributed by atoms with van der Waals surface area (Å²) in [6.07, 6.45) is 4.62. The van der Waals surface area contributed by atoms with E-state index in [0.717, 1.165) is 44.9 Å². The number of hydrogen-bond acceptors (Lipinski definition) is 2. The molecule has 0 saturated carbocycles. The summed E-state index contributed by atoms with van der Waals surface area (Å²) in [4.78, 5) is 5.45. The highest BCUT2D eigenvalue weighted by molar-refractivity contribution is 6.10. The first-order chi connectivity index (χ1) is 30.0. The van der Waals surface area contributed by atoms with Crippen LogP contribution in [0.2, 0.25) is 0 Å². The van der Waals surface area contributed by atoms with E-state index in [0.29, 0.717) is 0 Å². The molecule has 0 spiro atoms. The van der Waals surface area contributed by atoms with Gasteiger partial charge in [0.15, 0.2) is 0 Å². The number of pyridine rings is 1. The molecule has 1 unspecified atom stereocenters. The van der Waals surface area contributed by atoms with Gasteiger partial charge >= 0.3 is 0 Å². The minimum atomic E-state index is -0.531. The molecule has 0 saturated heterocycles. The average molecular weight is 781 g/mol. The molecule has 1 aromatic heterocycles. The molecule has 8 aromatic carbocycles. The van der Waals surface area contributed by atoms with Crippen LogP contribution in [-0.4, -0.2) is 11.0 Å². The summed E-state index contributed by atoms with van der Waals surface area (Å²) < 4.78 is 0. The van der Waals surface area contributed by atoms with Gasteiger partial charge < -0.3 is 5.32 Å². The molecular weight excluding hydrogens is 737 g/mol. The first kappa shape index (κ1) is 36.5. The number of fused-ring (bicyclic) bond motifs is 5. The fourth-order valence-corrected chi connectivity index (χ4v) is 10.0. The highest BCUT2D eigenvalue weighted by Gasteiger charge is 2.47. The first-order valence-corrected chi connectivity index (χ1v) is 21.3. The number of nitrogens with zero attached hydrogens (tertiary/aromatic N) is 1. The molecular formula is C59H44N2. The van der Waals surface area contributed by atoms with Gasteiger partial charge in [-0.05, 0) is 134 Å². The number of allylic oxidation sites excluding steroid dienone is 3. The van der Waals surface area contributed by atoms with Crippen molar-refractivity contribution < 1.29 is 0 Å². The number of rotatable bonds is 7. The summed E-state index contributed by atoms with van der Waals surface area (Å²) in [5.41, 5.74) is 19.4. The second-order valence-corrected chi connectivity index (χ2v) is 16.5. The maximum atomic E-state index is 5.45. The van der Waals surface area contributed by atoms with Crippen molar-refractivity contribution in [2.75, 3.05) is 0 Å². The molecule has 1 atom stereocenters. The fraction of sp³-hybridized carbons (Fsp3) is 0.0678. The van der Waals surface area contributed by atoms with E-state index in [2.05, 4.69) is 238 Å². The summed E-state index contributed by atoms with van der Waals surface area (Å²) in [5.74, 6) is 0. The molecule has 0 bridgehead atoms. The van der Waals surface area contributed by atoms with E-state index in [9.17, 15) is 0 Å². The molecule has 290 valence electrons. The number of nitrogens with one attached hydrogen (secondary N) is 1. The molecule has 0 radical (unpaired) electrons. The lowest BCUT2D eigenvalue weighted by Gasteiger charge is -2.34.